The molecule has 1 aliphatic heterocycles. The van der Waals surface area contributed by atoms with E-state index in [2.05, 4.69) is 20.3 Å². The number of anilines is 2. The first-order chi connectivity index (χ1) is 14.4. The van der Waals surface area contributed by atoms with Crippen molar-refractivity contribution in [1.82, 2.24) is 15.0 Å². The molecule has 0 aliphatic carbocycles. The van der Waals surface area contributed by atoms with Gasteiger partial charge in [0.1, 0.15) is 17.8 Å². The van der Waals surface area contributed by atoms with Crippen molar-refractivity contribution in [2.24, 2.45) is 0 Å². The van der Waals surface area contributed by atoms with Crippen LogP contribution in [0.1, 0.15) is 16.8 Å². The molecule has 154 valence electrons. The summed E-state index contributed by atoms with van der Waals surface area (Å²) in [5.74, 6) is -1.66. The van der Waals surface area contributed by atoms with Crippen molar-refractivity contribution in [1.29, 1.82) is 0 Å². The third-order valence-corrected chi connectivity index (χ3v) is 4.90. The number of pyridine rings is 1. The number of benzene rings is 1. The predicted octanol–water partition coefficient (Wildman–Crippen LogP) is 4.27. The molecule has 1 atom stereocenters. The molecular formula is C20H15ClF3N5O. The summed E-state index contributed by atoms with van der Waals surface area (Å²) in [5, 5.41) is 2.65. The van der Waals surface area contributed by atoms with Crippen LogP contribution in [-0.2, 0) is 0 Å². The Hall–Kier alpha value is -3.20. The number of hydrogen-bond acceptors (Lipinski definition) is 5. The molecule has 0 spiro atoms. The number of nitrogens with zero attached hydrogens (tertiary/aromatic N) is 4. The van der Waals surface area contributed by atoms with Gasteiger partial charge in [-0.15, -0.1) is 0 Å². The van der Waals surface area contributed by atoms with Gasteiger partial charge in [-0.05, 0) is 42.3 Å². The van der Waals surface area contributed by atoms with Gasteiger partial charge in [-0.2, -0.15) is 0 Å². The maximum absolute atomic E-state index is 14.5. The molecular weight excluding hydrogens is 419 g/mol. The molecule has 1 fully saturated rings. The van der Waals surface area contributed by atoms with Crippen molar-refractivity contribution < 1.29 is 18.0 Å². The summed E-state index contributed by atoms with van der Waals surface area (Å²) in [4.78, 5) is 26.2. The number of carbonyl (C=O) groups excluding carboxylic acids is 1. The SMILES string of the molecule is O=C(Nc1c(-c2cc(F)ccc2F)ccnc1N1CCC(F)C1)c1cnc(Cl)nc1. The molecule has 30 heavy (non-hydrogen) atoms. The third kappa shape index (κ3) is 4.06. The van der Waals surface area contributed by atoms with Gasteiger partial charge in [-0.25, -0.2) is 28.1 Å². The van der Waals surface area contributed by atoms with Gasteiger partial charge in [0.2, 0.25) is 5.28 Å². The highest BCUT2D eigenvalue weighted by atomic mass is 35.5. The van der Waals surface area contributed by atoms with Crippen LogP contribution in [0.5, 0.6) is 0 Å². The fourth-order valence-electron chi connectivity index (χ4n) is 3.27. The first kappa shape index (κ1) is 20.1. The molecule has 1 unspecified atom stereocenters. The molecule has 2 aromatic heterocycles. The van der Waals surface area contributed by atoms with Crippen LogP contribution < -0.4 is 10.2 Å². The van der Waals surface area contributed by atoms with Crippen LogP contribution in [0.3, 0.4) is 0 Å². The molecule has 3 aromatic rings. The second-order valence-electron chi connectivity index (χ2n) is 6.71. The van der Waals surface area contributed by atoms with Gasteiger partial charge < -0.3 is 10.2 Å². The lowest BCUT2D eigenvalue weighted by molar-refractivity contribution is 0.102. The van der Waals surface area contributed by atoms with Gasteiger partial charge in [0.25, 0.3) is 5.91 Å². The van der Waals surface area contributed by atoms with E-state index in [1.54, 1.807) is 4.90 Å². The van der Waals surface area contributed by atoms with Crippen LogP contribution in [-0.4, -0.2) is 40.1 Å². The van der Waals surface area contributed by atoms with Crippen LogP contribution in [0, 0.1) is 11.6 Å². The van der Waals surface area contributed by atoms with E-state index >= 15 is 0 Å². The summed E-state index contributed by atoms with van der Waals surface area (Å²) in [7, 11) is 0. The first-order valence-corrected chi connectivity index (χ1v) is 9.42. The largest absolute Gasteiger partial charge is 0.352 e. The van der Waals surface area contributed by atoms with E-state index in [1.165, 1.54) is 24.7 Å². The molecule has 3 heterocycles. The molecule has 0 saturated carbocycles. The second kappa shape index (κ2) is 8.27. The Bertz CT molecular complexity index is 1100. The monoisotopic (exact) mass is 433 g/mol. The Morgan fingerprint density at radius 2 is 1.90 bits per heavy atom. The second-order valence-corrected chi connectivity index (χ2v) is 7.05. The van der Waals surface area contributed by atoms with Gasteiger partial charge in [0, 0.05) is 36.3 Å². The first-order valence-electron chi connectivity index (χ1n) is 9.04. The fourth-order valence-corrected chi connectivity index (χ4v) is 3.36. The predicted molar refractivity (Wildman–Crippen MR) is 106 cm³/mol. The van der Waals surface area contributed by atoms with Gasteiger partial charge in [0.15, 0.2) is 5.82 Å². The number of alkyl halides is 1. The van der Waals surface area contributed by atoms with Gasteiger partial charge in [-0.1, -0.05) is 0 Å². The summed E-state index contributed by atoms with van der Waals surface area (Å²) in [6.45, 7) is 0.450. The zero-order chi connectivity index (χ0) is 21.3. The summed E-state index contributed by atoms with van der Waals surface area (Å²) in [5.41, 5.74) is 0.389. The van der Waals surface area contributed by atoms with Crippen LogP contribution in [0.4, 0.5) is 24.7 Å². The van der Waals surface area contributed by atoms with Crippen LogP contribution in [0.15, 0.2) is 42.9 Å². The Labute approximate surface area is 174 Å². The zero-order valence-electron chi connectivity index (χ0n) is 15.4. The molecule has 0 bridgehead atoms. The lowest BCUT2D eigenvalue weighted by Gasteiger charge is -2.22. The topological polar surface area (TPSA) is 71.0 Å². The van der Waals surface area contributed by atoms with E-state index in [0.717, 1.165) is 18.2 Å². The van der Waals surface area contributed by atoms with Crippen molar-refractivity contribution in [3.63, 3.8) is 0 Å². The van der Waals surface area contributed by atoms with Crippen molar-refractivity contribution in [2.75, 3.05) is 23.3 Å². The number of carbonyl (C=O) groups is 1. The van der Waals surface area contributed by atoms with E-state index in [-0.39, 0.29) is 40.0 Å². The van der Waals surface area contributed by atoms with Crippen molar-refractivity contribution in [3.8, 4) is 11.1 Å². The number of aromatic nitrogens is 3. The molecule has 4 rings (SSSR count). The average molecular weight is 434 g/mol. The van der Waals surface area contributed by atoms with E-state index in [4.69, 9.17) is 11.6 Å². The zero-order valence-corrected chi connectivity index (χ0v) is 16.2. The maximum Gasteiger partial charge on any atom is 0.258 e. The molecule has 1 aromatic carbocycles. The van der Waals surface area contributed by atoms with Gasteiger partial charge >= 0.3 is 0 Å². The highest BCUT2D eigenvalue weighted by Crippen LogP contribution is 2.38. The Kier molecular flexibility index (Phi) is 5.54. The van der Waals surface area contributed by atoms with E-state index in [0.29, 0.717) is 13.0 Å². The highest BCUT2D eigenvalue weighted by molar-refractivity contribution is 6.28. The quantitative estimate of drug-likeness (QED) is 0.622. The molecule has 1 aliphatic rings. The molecule has 6 nitrogen and oxygen atoms in total. The molecule has 1 amide bonds. The fraction of sp³-hybridized carbons (Fsp3) is 0.200. The minimum Gasteiger partial charge on any atom is -0.352 e. The molecule has 1 N–H and O–H groups in total. The highest BCUT2D eigenvalue weighted by Gasteiger charge is 2.27. The Morgan fingerprint density at radius 3 is 2.60 bits per heavy atom. The van der Waals surface area contributed by atoms with E-state index < -0.39 is 23.7 Å². The van der Waals surface area contributed by atoms with E-state index in [1.807, 2.05) is 0 Å². The van der Waals surface area contributed by atoms with Crippen molar-refractivity contribution in [3.05, 3.63) is 65.3 Å². The number of halogens is 4. The van der Waals surface area contributed by atoms with Gasteiger partial charge in [0.05, 0.1) is 17.8 Å². The van der Waals surface area contributed by atoms with Gasteiger partial charge in [-0.3, -0.25) is 4.79 Å². The van der Waals surface area contributed by atoms with Crippen molar-refractivity contribution >= 4 is 29.0 Å². The molecule has 0 radical (unpaired) electrons. The van der Waals surface area contributed by atoms with Crippen LogP contribution >= 0.6 is 11.6 Å². The minimum absolute atomic E-state index is 0.0257. The number of rotatable bonds is 4. The minimum atomic E-state index is -1.05. The maximum atomic E-state index is 14.5. The molecule has 1 saturated heterocycles. The summed E-state index contributed by atoms with van der Waals surface area (Å²) < 4.78 is 42.1. The lowest BCUT2D eigenvalue weighted by atomic mass is 10.0. The van der Waals surface area contributed by atoms with Crippen molar-refractivity contribution in [2.45, 2.75) is 12.6 Å². The average Bonchev–Trinajstić information content (AvgIpc) is 3.16. The smallest absolute Gasteiger partial charge is 0.258 e. The van der Waals surface area contributed by atoms with Crippen LogP contribution in [0.25, 0.3) is 11.1 Å². The number of amides is 1. The lowest BCUT2D eigenvalue weighted by Crippen LogP contribution is -2.24. The normalized spacial score (nSPS) is 16.0. The number of nitrogens with one attached hydrogen (secondary N) is 1. The van der Waals surface area contributed by atoms with E-state index in [9.17, 15) is 18.0 Å². The number of hydrogen-bond donors (Lipinski definition) is 1. The standard InChI is InChI=1S/C20H15ClF3N5O/c21-20-26-8-11(9-27-20)19(30)28-17-14(15-7-12(22)1-2-16(15)24)3-5-25-18(17)29-6-4-13(23)10-29/h1-3,5,7-9,13H,4,6,10H2,(H,28,30). The molecule has 10 heteroatoms. The Balaban J connectivity index is 1.81. The Morgan fingerprint density at radius 1 is 1.13 bits per heavy atom. The van der Waals surface area contributed by atoms with Crippen LogP contribution in [0.2, 0.25) is 5.28 Å². The summed E-state index contributed by atoms with van der Waals surface area (Å²) >= 11 is 5.66. The third-order valence-electron chi connectivity index (χ3n) is 4.70. The summed E-state index contributed by atoms with van der Waals surface area (Å²) in [6, 6.07) is 4.48. The summed E-state index contributed by atoms with van der Waals surface area (Å²) in [6.07, 6.45) is 3.13.